The van der Waals surface area contributed by atoms with E-state index in [9.17, 15) is 23.8 Å². The monoisotopic (exact) mass is 315 g/mol. The van der Waals surface area contributed by atoms with Crippen LogP contribution in [0.4, 0.5) is 14.6 Å². The van der Waals surface area contributed by atoms with Crippen molar-refractivity contribution in [2.45, 2.75) is 37.3 Å². The molecule has 1 heterocycles. The maximum Gasteiger partial charge on any atom is 0.349 e. The van der Waals surface area contributed by atoms with Crippen LogP contribution in [-0.4, -0.2) is 38.4 Å². The molecule has 2 aliphatic rings. The number of aromatic nitrogens is 2. The summed E-state index contributed by atoms with van der Waals surface area (Å²) < 4.78 is 30.1. The van der Waals surface area contributed by atoms with E-state index < -0.39 is 42.2 Å². The van der Waals surface area contributed by atoms with Crippen molar-refractivity contribution in [3.05, 3.63) is 22.7 Å². The van der Waals surface area contributed by atoms with Crippen molar-refractivity contribution in [3.8, 4) is 0 Å². The Bertz CT molecular complexity index is 618. The van der Waals surface area contributed by atoms with Crippen molar-refractivity contribution in [2.24, 2.45) is 17.8 Å². The van der Waals surface area contributed by atoms with E-state index >= 15 is 0 Å². The number of anilines is 1. The quantitative estimate of drug-likeness (QED) is 0.749. The van der Waals surface area contributed by atoms with Crippen LogP contribution in [0.1, 0.15) is 25.3 Å². The maximum absolute atomic E-state index is 14.6. The largest absolute Gasteiger partial charge is 0.396 e. The van der Waals surface area contributed by atoms with Gasteiger partial charge in [0.15, 0.2) is 0 Å². The third-order valence-electron chi connectivity index (χ3n) is 5.11. The number of nitrogens with two attached hydrogens (primary N) is 1. The number of hydrogen-bond acceptors (Lipinski definition) is 5. The van der Waals surface area contributed by atoms with Gasteiger partial charge in [0.2, 0.25) is 0 Å². The highest BCUT2D eigenvalue weighted by atomic mass is 19.3. The highest BCUT2D eigenvalue weighted by Gasteiger charge is 2.65. The van der Waals surface area contributed by atoms with E-state index in [2.05, 4.69) is 4.98 Å². The van der Waals surface area contributed by atoms with E-state index in [1.807, 2.05) is 0 Å². The third-order valence-corrected chi connectivity index (χ3v) is 5.11. The molecule has 2 aliphatic carbocycles. The lowest BCUT2D eigenvalue weighted by Gasteiger charge is -2.38. The van der Waals surface area contributed by atoms with Gasteiger partial charge in [0.25, 0.3) is 5.92 Å². The zero-order valence-corrected chi connectivity index (χ0v) is 11.9. The van der Waals surface area contributed by atoms with Crippen molar-refractivity contribution < 1.29 is 19.0 Å². The average Bonchev–Trinajstić information content (AvgIpc) is 2.57. The Labute approximate surface area is 125 Å². The van der Waals surface area contributed by atoms with Gasteiger partial charge in [-0.05, 0) is 17.9 Å². The summed E-state index contributed by atoms with van der Waals surface area (Å²) in [6.45, 7) is -0.536. The molecule has 0 aliphatic heterocycles. The Hall–Kier alpha value is -1.54. The fourth-order valence-corrected chi connectivity index (χ4v) is 3.82. The van der Waals surface area contributed by atoms with Crippen molar-refractivity contribution in [3.63, 3.8) is 0 Å². The lowest BCUT2D eigenvalue weighted by atomic mass is 9.70. The number of nitrogen functional groups attached to an aromatic ring is 1. The Morgan fingerprint density at radius 1 is 1.45 bits per heavy atom. The molecule has 3 unspecified atom stereocenters. The molecule has 3 rings (SSSR count). The van der Waals surface area contributed by atoms with Gasteiger partial charge in [0.05, 0.1) is 0 Å². The zero-order valence-electron chi connectivity index (χ0n) is 11.9. The lowest BCUT2D eigenvalue weighted by molar-refractivity contribution is -0.124. The number of nitrogens with zero attached hydrogens (tertiary/aromatic N) is 2. The van der Waals surface area contributed by atoms with E-state index in [4.69, 9.17) is 5.73 Å². The van der Waals surface area contributed by atoms with Gasteiger partial charge < -0.3 is 15.9 Å². The Kier molecular flexibility index (Phi) is 3.68. The number of rotatable bonds is 3. The van der Waals surface area contributed by atoms with Gasteiger partial charge in [-0.15, -0.1) is 0 Å². The summed E-state index contributed by atoms with van der Waals surface area (Å²) in [5.74, 6) is -5.19. The molecule has 1 aromatic heterocycles. The molecule has 2 saturated carbocycles. The molecule has 8 heteroatoms. The van der Waals surface area contributed by atoms with Crippen LogP contribution in [0.2, 0.25) is 0 Å². The van der Waals surface area contributed by atoms with Crippen LogP contribution in [0, 0.1) is 17.8 Å². The standard InChI is InChI=1S/C14H19F2N3O3/c15-14(16)11(19-5-4-9(17)18-13(19)22)10(7-2-1-3-7)8(6-20)12(14)21/h4-5,7-8,10-12,20-21H,1-3,6H2,(H2,17,18,22)/t8-,10?,11?,12?/m0/s1. The first-order valence-corrected chi connectivity index (χ1v) is 7.39. The summed E-state index contributed by atoms with van der Waals surface area (Å²) in [5.41, 5.74) is 4.54. The SMILES string of the molecule is Nc1ccn(C2C(C3CCC3)[C@H](CO)C(O)C2(F)F)c(=O)n1. The third kappa shape index (κ3) is 2.13. The first-order chi connectivity index (χ1) is 10.4. The summed E-state index contributed by atoms with van der Waals surface area (Å²) in [7, 11) is 0. The lowest BCUT2D eigenvalue weighted by Crippen LogP contribution is -2.42. The summed E-state index contributed by atoms with van der Waals surface area (Å²) in [6.07, 6.45) is 1.68. The number of aliphatic hydroxyl groups excluding tert-OH is 2. The molecule has 0 aromatic carbocycles. The van der Waals surface area contributed by atoms with Crippen molar-refractivity contribution in [1.29, 1.82) is 0 Å². The normalized spacial score (nSPS) is 34.5. The second-order valence-electron chi connectivity index (χ2n) is 6.22. The van der Waals surface area contributed by atoms with Gasteiger partial charge in [-0.25, -0.2) is 13.6 Å². The molecular formula is C14H19F2N3O3. The smallest absolute Gasteiger partial charge is 0.349 e. The van der Waals surface area contributed by atoms with Crippen LogP contribution >= 0.6 is 0 Å². The van der Waals surface area contributed by atoms with Crippen molar-refractivity contribution in [2.75, 3.05) is 12.3 Å². The van der Waals surface area contributed by atoms with Crippen LogP contribution < -0.4 is 11.4 Å². The molecule has 0 amide bonds. The van der Waals surface area contributed by atoms with Crippen LogP contribution in [0.3, 0.4) is 0 Å². The summed E-state index contributed by atoms with van der Waals surface area (Å²) in [6, 6.07) is -0.223. The number of halogens is 2. The molecular weight excluding hydrogens is 296 g/mol. The van der Waals surface area contributed by atoms with Gasteiger partial charge in [0.1, 0.15) is 18.0 Å². The van der Waals surface area contributed by atoms with Gasteiger partial charge >= 0.3 is 5.69 Å². The predicted molar refractivity (Wildman–Crippen MR) is 74.3 cm³/mol. The van der Waals surface area contributed by atoms with Crippen molar-refractivity contribution in [1.82, 2.24) is 9.55 Å². The Balaban J connectivity index is 2.09. The number of alkyl halides is 2. The molecule has 4 atom stereocenters. The molecule has 0 radical (unpaired) electrons. The van der Waals surface area contributed by atoms with Crippen LogP contribution in [0.5, 0.6) is 0 Å². The maximum atomic E-state index is 14.6. The fourth-order valence-electron chi connectivity index (χ4n) is 3.82. The fraction of sp³-hybridized carbons (Fsp3) is 0.714. The van der Waals surface area contributed by atoms with Gasteiger partial charge in [0, 0.05) is 18.7 Å². The summed E-state index contributed by atoms with van der Waals surface area (Å²) >= 11 is 0. The molecule has 122 valence electrons. The molecule has 0 bridgehead atoms. The van der Waals surface area contributed by atoms with Crippen LogP contribution in [0.25, 0.3) is 0 Å². The Morgan fingerprint density at radius 2 is 2.14 bits per heavy atom. The molecule has 1 aromatic rings. The van der Waals surface area contributed by atoms with E-state index in [0.717, 1.165) is 23.8 Å². The first kappa shape index (κ1) is 15.4. The average molecular weight is 315 g/mol. The topological polar surface area (TPSA) is 101 Å². The highest BCUT2D eigenvalue weighted by Crippen LogP contribution is 2.56. The molecule has 6 nitrogen and oxygen atoms in total. The van der Waals surface area contributed by atoms with E-state index in [0.29, 0.717) is 0 Å². The van der Waals surface area contributed by atoms with Crippen LogP contribution in [-0.2, 0) is 0 Å². The molecule has 0 saturated heterocycles. The van der Waals surface area contributed by atoms with Gasteiger partial charge in [-0.1, -0.05) is 19.3 Å². The minimum atomic E-state index is -3.50. The number of aliphatic hydroxyl groups is 2. The predicted octanol–water partition coefficient (Wildman–Crippen LogP) is 0.401. The zero-order chi connectivity index (χ0) is 16.1. The Morgan fingerprint density at radius 3 is 2.64 bits per heavy atom. The summed E-state index contributed by atoms with van der Waals surface area (Å²) in [4.78, 5) is 15.5. The first-order valence-electron chi connectivity index (χ1n) is 7.39. The highest BCUT2D eigenvalue weighted by molar-refractivity contribution is 5.24. The van der Waals surface area contributed by atoms with Gasteiger partial charge in [-0.2, -0.15) is 4.98 Å². The van der Waals surface area contributed by atoms with E-state index in [1.165, 1.54) is 12.3 Å². The minimum absolute atomic E-state index is 0.0328. The molecule has 22 heavy (non-hydrogen) atoms. The van der Waals surface area contributed by atoms with E-state index in [-0.39, 0.29) is 11.7 Å². The summed E-state index contributed by atoms with van der Waals surface area (Å²) in [5, 5.41) is 19.4. The number of hydrogen-bond donors (Lipinski definition) is 3. The van der Waals surface area contributed by atoms with Crippen LogP contribution in [0.15, 0.2) is 17.1 Å². The van der Waals surface area contributed by atoms with E-state index in [1.54, 1.807) is 0 Å². The van der Waals surface area contributed by atoms with Crippen molar-refractivity contribution >= 4 is 5.82 Å². The molecule has 0 spiro atoms. The van der Waals surface area contributed by atoms with Gasteiger partial charge in [-0.3, -0.25) is 4.57 Å². The second kappa shape index (κ2) is 5.27. The minimum Gasteiger partial charge on any atom is -0.396 e. The second-order valence-corrected chi connectivity index (χ2v) is 6.22. The molecule has 2 fully saturated rings. The molecule has 4 N–H and O–H groups in total.